The Morgan fingerprint density at radius 1 is 0.261 bits per heavy atom. The molecule has 15 rings (SSSR count). The van der Waals surface area contributed by atoms with E-state index < -0.39 is 0 Å². The summed E-state index contributed by atoms with van der Waals surface area (Å²) in [5.41, 5.74) is 21.7. The van der Waals surface area contributed by atoms with Crippen molar-refractivity contribution in [1.82, 2.24) is 19.9 Å². The van der Waals surface area contributed by atoms with Crippen molar-refractivity contribution in [3.63, 3.8) is 0 Å². The van der Waals surface area contributed by atoms with Crippen LogP contribution < -0.4 is 0 Å². The number of aromatic nitrogens is 4. The second kappa shape index (κ2) is 25.8. The molecule has 0 unspecified atom stereocenters. The normalized spacial score (nSPS) is 10.8. The van der Waals surface area contributed by atoms with Crippen molar-refractivity contribution in [1.29, 1.82) is 10.5 Å². The monoisotopic (exact) mass is 1170 g/mol. The molecule has 0 amide bonds. The largest absolute Gasteiger partial charge is 0.238 e. The number of nitrogens with zero attached hydrogens (tertiary/aromatic N) is 7. The minimum atomic E-state index is 0.443. The van der Waals surface area contributed by atoms with Gasteiger partial charge in [0.05, 0.1) is 47.0 Å². The molecule has 2 aromatic heterocycles. The van der Waals surface area contributed by atoms with Gasteiger partial charge in [-0.2, -0.15) is 10.5 Å². The van der Waals surface area contributed by atoms with Crippen LogP contribution in [0.15, 0.2) is 322 Å². The maximum absolute atomic E-state index is 9.69. The first-order chi connectivity index (χ1) is 45.4. The maximum atomic E-state index is 9.69. The van der Waals surface area contributed by atoms with E-state index in [2.05, 4.69) is 193 Å². The van der Waals surface area contributed by atoms with Crippen molar-refractivity contribution in [3.05, 3.63) is 344 Å². The van der Waals surface area contributed by atoms with Gasteiger partial charge in [0.15, 0.2) is 17.3 Å². The number of hydrogen-bond acceptors (Lipinski definition) is 6. The molecule has 0 bridgehead atoms. The predicted octanol–water partition coefficient (Wildman–Crippen LogP) is 21.9. The zero-order valence-electron chi connectivity index (χ0n) is 49.7. The fourth-order valence-electron chi connectivity index (χ4n) is 11.8. The van der Waals surface area contributed by atoms with Gasteiger partial charge in [-0.05, 0) is 132 Å². The molecule has 2 heterocycles. The van der Waals surface area contributed by atoms with Crippen LogP contribution in [0.1, 0.15) is 11.1 Å². The Hall–Kier alpha value is -13.0. The van der Waals surface area contributed by atoms with Crippen molar-refractivity contribution in [2.24, 2.45) is 0 Å². The lowest BCUT2D eigenvalue weighted by Gasteiger charge is -2.15. The number of nitriles is 2. The topological polar surface area (TPSA) is 104 Å². The average Bonchev–Trinajstić information content (AvgIpc) is 0.867. The van der Waals surface area contributed by atoms with Gasteiger partial charge in [-0.3, -0.25) is 0 Å². The highest BCUT2D eigenvalue weighted by Gasteiger charge is 2.18. The van der Waals surface area contributed by atoms with Gasteiger partial charge in [-0.25, -0.2) is 24.8 Å². The van der Waals surface area contributed by atoms with Crippen molar-refractivity contribution in [3.8, 4) is 136 Å². The zero-order chi connectivity index (χ0) is 62.2. The van der Waals surface area contributed by atoms with E-state index in [4.69, 9.17) is 26.5 Å². The van der Waals surface area contributed by atoms with Gasteiger partial charge < -0.3 is 0 Å². The van der Waals surface area contributed by atoms with Crippen LogP contribution in [0.25, 0.3) is 150 Å². The zero-order valence-corrected chi connectivity index (χ0v) is 49.7. The highest BCUT2D eigenvalue weighted by Crippen LogP contribution is 2.42. The Kier molecular flexibility index (Phi) is 15.9. The van der Waals surface area contributed by atoms with Crippen LogP contribution >= 0.6 is 0 Å². The Balaban J connectivity index is 0.000000160. The van der Waals surface area contributed by atoms with Crippen molar-refractivity contribution in [2.75, 3.05) is 0 Å². The average molecular weight is 1170 g/mol. The third kappa shape index (κ3) is 12.1. The van der Waals surface area contributed by atoms with Crippen LogP contribution in [-0.2, 0) is 0 Å². The van der Waals surface area contributed by atoms with Crippen molar-refractivity contribution >= 4 is 27.2 Å². The molecular formula is C85H53N7. The molecule has 92 heavy (non-hydrogen) atoms. The molecule has 0 fully saturated rings. The molecular weight excluding hydrogens is 1120 g/mol. The molecule has 7 heteroatoms. The van der Waals surface area contributed by atoms with E-state index in [1.807, 2.05) is 140 Å². The van der Waals surface area contributed by atoms with Crippen LogP contribution in [0, 0.1) is 29.2 Å². The molecule has 0 atom stereocenters. The Bertz CT molecular complexity index is 5180. The van der Waals surface area contributed by atoms with E-state index in [9.17, 15) is 10.5 Å². The van der Waals surface area contributed by atoms with E-state index in [-0.39, 0.29) is 0 Å². The highest BCUT2D eigenvalue weighted by molar-refractivity contribution is 6.05. The lowest BCUT2D eigenvalue weighted by molar-refractivity contribution is 1.18. The van der Waals surface area contributed by atoms with Crippen molar-refractivity contribution < 1.29 is 0 Å². The summed E-state index contributed by atoms with van der Waals surface area (Å²) in [6.07, 6.45) is 0. The summed E-state index contributed by atoms with van der Waals surface area (Å²) in [6, 6.07) is 114. The summed E-state index contributed by atoms with van der Waals surface area (Å²) in [5.74, 6) is 1.36. The summed E-state index contributed by atoms with van der Waals surface area (Å²) in [6.45, 7) is 7.60. The van der Waals surface area contributed by atoms with Crippen LogP contribution in [0.5, 0.6) is 0 Å². The summed E-state index contributed by atoms with van der Waals surface area (Å²) >= 11 is 0. The molecule has 0 aliphatic heterocycles. The predicted molar refractivity (Wildman–Crippen MR) is 375 cm³/mol. The Labute approximate surface area is 534 Å². The number of hydrogen-bond donors (Lipinski definition) is 0. The summed E-state index contributed by atoms with van der Waals surface area (Å²) in [5, 5.41) is 23.6. The fraction of sp³-hybridized carbons (Fsp3) is 0. The second-order valence-electron chi connectivity index (χ2n) is 22.3. The fourth-order valence-corrected chi connectivity index (χ4v) is 11.8. The van der Waals surface area contributed by atoms with Gasteiger partial charge in [0.25, 0.3) is 0 Å². The maximum Gasteiger partial charge on any atom is 0.189 e. The lowest BCUT2D eigenvalue weighted by atomic mass is 9.88. The lowest BCUT2D eigenvalue weighted by Crippen LogP contribution is -1.96. The first-order valence-corrected chi connectivity index (χ1v) is 30.2. The molecule has 428 valence electrons. The van der Waals surface area contributed by atoms with Gasteiger partial charge in [0.2, 0.25) is 0 Å². The third-order valence-electron chi connectivity index (χ3n) is 16.4. The van der Waals surface area contributed by atoms with Gasteiger partial charge in [0, 0.05) is 38.9 Å². The van der Waals surface area contributed by atoms with E-state index in [1.165, 1.54) is 16.3 Å². The standard InChI is InChI=1S/C45H29N3.C40H24N4/c46-30-31-10-9-17-38(26-31)32-18-20-33(21-19-32)41-27-39-15-7-8-16-40(39)28-42(41)34-22-24-36(25-23-34)44-29-43(35-11-3-1-4-12-35)47-45(48-44)37-13-5-2-6-14-37;1-42-34-23-27(26-41)22-33(24-34)39-35-15-9-8-10-28(35)20-21-36(39)29-16-18-32(19-17-29)40-43-37(30-11-4-2-5-12-30)25-38(44-40)31-13-6-3-7-14-31/h1-29H;2-25H. The van der Waals surface area contributed by atoms with E-state index >= 15 is 0 Å². The number of benzene rings is 13. The summed E-state index contributed by atoms with van der Waals surface area (Å²) in [7, 11) is 0. The molecule has 0 N–H and O–H groups in total. The van der Waals surface area contributed by atoms with Crippen LogP contribution in [0.4, 0.5) is 5.69 Å². The summed E-state index contributed by atoms with van der Waals surface area (Å²) in [4.78, 5) is 23.6. The molecule has 0 aliphatic rings. The number of fused-ring (bicyclic) bond motifs is 2. The van der Waals surface area contributed by atoms with Crippen LogP contribution in [-0.4, -0.2) is 19.9 Å². The van der Waals surface area contributed by atoms with E-state index in [0.29, 0.717) is 28.5 Å². The first-order valence-electron chi connectivity index (χ1n) is 30.2. The van der Waals surface area contributed by atoms with E-state index in [0.717, 1.165) is 117 Å². The Morgan fingerprint density at radius 3 is 1.13 bits per heavy atom. The summed E-state index contributed by atoms with van der Waals surface area (Å²) < 4.78 is 0. The van der Waals surface area contributed by atoms with Gasteiger partial charge in [-0.1, -0.05) is 267 Å². The van der Waals surface area contributed by atoms with Gasteiger partial charge in [-0.15, -0.1) is 0 Å². The van der Waals surface area contributed by atoms with Crippen LogP contribution in [0.3, 0.4) is 0 Å². The quantitative estimate of drug-likeness (QED) is 0.120. The molecule has 15 aromatic rings. The molecule has 0 saturated carbocycles. The van der Waals surface area contributed by atoms with Crippen LogP contribution in [0.2, 0.25) is 0 Å². The molecule has 0 aliphatic carbocycles. The second-order valence-corrected chi connectivity index (χ2v) is 22.3. The first kappa shape index (κ1) is 56.8. The minimum absolute atomic E-state index is 0.443. The Morgan fingerprint density at radius 2 is 0.641 bits per heavy atom. The molecule has 0 radical (unpaired) electrons. The molecule has 0 saturated heterocycles. The van der Waals surface area contributed by atoms with E-state index in [1.54, 1.807) is 6.07 Å². The third-order valence-corrected chi connectivity index (χ3v) is 16.4. The van der Waals surface area contributed by atoms with Crippen molar-refractivity contribution in [2.45, 2.75) is 0 Å². The molecule has 13 aromatic carbocycles. The number of rotatable bonds is 11. The molecule has 0 spiro atoms. The smallest absolute Gasteiger partial charge is 0.189 e. The van der Waals surface area contributed by atoms with Gasteiger partial charge in [0.1, 0.15) is 0 Å². The molecule has 7 nitrogen and oxygen atoms in total. The SMILES string of the molecule is N#Cc1cccc(-c2ccc(-c3cc4ccccc4cc3-c3ccc(-c4cc(-c5ccccc5)nc(-c5ccccc5)n4)cc3)cc2)c1.[C-]#[N+]c1cc(C#N)cc(-c2c(-c3ccc(-c4nc(-c5ccccc5)cc(-c5ccccc5)n4)cc3)ccc3ccccc23)c1. The van der Waals surface area contributed by atoms with Gasteiger partial charge >= 0.3 is 0 Å². The highest BCUT2D eigenvalue weighted by atomic mass is 14.9. The minimum Gasteiger partial charge on any atom is -0.238 e.